The van der Waals surface area contributed by atoms with E-state index in [-0.39, 0.29) is 5.92 Å². The second kappa shape index (κ2) is 10.2. The van der Waals surface area contributed by atoms with E-state index in [1.54, 1.807) is 0 Å². The van der Waals surface area contributed by atoms with Crippen molar-refractivity contribution in [1.29, 1.82) is 0 Å². The van der Waals surface area contributed by atoms with Gasteiger partial charge in [0.25, 0.3) is 0 Å². The molecule has 0 radical (unpaired) electrons. The molecule has 156 valence electrons. The van der Waals surface area contributed by atoms with E-state index >= 15 is 0 Å². The van der Waals surface area contributed by atoms with E-state index in [2.05, 4.69) is 46.2 Å². The first-order chi connectivity index (χ1) is 14.3. The fraction of sp³-hybridized carbons (Fsp3) is 0.500. The Kier molecular flexibility index (Phi) is 7.17. The molecule has 2 heterocycles. The smallest absolute Gasteiger partial charge is 0.119 e. The zero-order valence-corrected chi connectivity index (χ0v) is 17.1. The topological polar surface area (TPSA) is 45.2 Å². The van der Waals surface area contributed by atoms with Crippen LogP contribution >= 0.6 is 0 Å². The first-order valence-electron chi connectivity index (χ1n) is 10.8. The van der Waals surface area contributed by atoms with Crippen LogP contribution < -0.4 is 0 Å². The van der Waals surface area contributed by atoms with Crippen LogP contribution in [0.3, 0.4) is 0 Å². The van der Waals surface area contributed by atoms with E-state index in [4.69, 9.17) is 9.47 Å². The Morgan fingerprint density at radius 3 is 2.14 bits per heavy atom. The molecule has 0 saturated carbocycles. The van der Waals surface area contributed by atoms with Gasteiger partial charge in [0, 0.05) is 44.2 Å². The molecule has 4 rings (SSSR count). The lowest BCUT2D eigenvalue weighted by molar-refractivity contribution is 0.0341. The van der Waals surface area contributed by atoms with Gasteiger partial charge in [0.2, 0.25) is 0 Å². The maximum absolute atomic E-state index is 10.9. The number of hydrogen-bond acceptors (Lipinski definition) is 5. The van der Waals surface area contributed by atoms with E-state index in [9.17, 15) is 5.11 Å². The first-order valence-corrected chi connectivity index (χ1v) is 10.8. The van der Waals surface area contributed by atoms with E-state index in [1.165, 1.54) is 5.56 Å². The minimum Gasteiger partial charge on any atom is -0.508 e. The molecule has 1 atom stereocenters. The summed E-state index contributed by atoms with van der Waals surface area (Å²) < 4.78 is 10.9. The summed E-state index contributed by atoms with van der Waals surface area (Å²) in [5.41, 5.74) is 3.44. The quantitative estimate of drug-likeness (QED) is 0.779. The highest BCUT2D eigenvalue weighted by Gasteiger charge is 2.21. The molecule has 0 bridgehead atoms. The molecular weight excluding hydrogens is 364 g/mol. The molecule has 0 aromatic heterocycles. The summed E-state index contributed by atoms with van der Waals surface area (Å²) in [6.45, 7) is 8.98. The minimum atomic E-state index is 0.191. The first kappa shape index (κ1) is 20.4. The van der Waals surface area contributed by atoms with Gasteiger partial charge < -0.3 is 14.6 Å². The number of benzene rings is 2. The van der Waals surface area contributed by atoms with Gasteiger partial charge in [-0.1, -0.05) is 42.5 Å². The number of rotatable bonds is 7. The highest BCUT2D eigenvalue weighted by Crippen LogP contribution is 2.35. The molecule has 0 spiro atoms. The van der Waals surface area contributed by atoms with E-state index < -0.39 is 0 Å². The molecule has 2 fully saturated rings. The standard InChI is InChI=1S/C24H32N2O3/c27-24-18-20(19-26-12-16-29-17-13-26)6-7-23(24)22(21-4-2-1-3-5-21)8-9-25-10-14-28-15-11-25/h1-7,18,22,27H,8-17,19H2/t22-/m1/s1. The summed E-state index contributed by atoms with van der Waals surface area (Å²) in [4.78, 5) is 4.84. The van der Waals surface area contributed by atoms with Gasteiger partial charge in [-0.2, -0.15) is 0 Å². The number of aromatic hydroxyl groups is 1. The van der Waals surface area contributed by atoms with Crippen LogP contribution in [-0.4, -0.2) is 74.1 Å². The van der Waals surface area contributed by atoms with E-state index in [1.807, 2.05) is 12.1 Å². The largest absolute Gasteiger partial charge is 0.508 e. The van der Waals surface area contributed by atoms with Crippen molar-refractivity contribution in [3.8, 4) is 5.75 Å². The zero-order chi connectivity index (χ0) is 19.9. The predicted molar refractivity (Wildman–Crippen MR) is 114 cm³/mol. The van der Waals surface area contributed by atoms with Crippen molar-refractivity contribution in [3.05, 3.63) is 65.2 Å². The van der Waals surface area contributed by atoms with Crippen molar-refractivity contribution in [3.63, 3.8) is 0 Å². The molecule has 2 aromatic carbocycles. The Labute approximate surface area is 173 Å². The maximum Gasteiger partial charge on any atom is 0.119 e. The second-order valence-electron chi connectivity index (χ2n) is 7.99. The average molecular weight is 397 g/mol. The number of ether oxygens (including phenoxy) is 2. The van der Waals surface area contributed by atoms with Gasteiger partial charge in [0.15, 0.2) is 0 Å². The molecule has 29 heavy (non-hydrogen) atoms. The molecule has 2 aliphatic heterocycles. The second-order valence-corrected chi connectivity index (χ2v) is 7.99. The molecule has 2 aromatic rings. The van der Waals surface area contributed by atoms with Gasteiger partial charge >= 0.3 is 0 Å². The molecular formula is C24H32N2O3. The lowest BCUT2D eigenvalue weighted by Crippen LogP contribution is -2.37. The number of phenols is 1. The lowest BCUT2D eigenvalue weighted by Gasteiger charge is -2.29. The summed E-state index contributed by atoms with van der Waals surface area (Å²) in [5.74, 6) is 0.600. The lowest BCUT2D eigenvalue weighted by atomic mass is 9.87. The Morgan fingerprint density at radius 2 is 1.48 bits per heavy atom. The monoisotopic (exact) mass is 396 g/mol. The van der Waals surface area contributed by atoms with Crippen LogP contribution in [0.25, 0.3) is 0 Å². The Bertz CT molecular complexity index is 756. The third kappa shape index (κ3) is 5.58. The summed E-state index contributed by atoms with van der Waals surface area (Å²) in [5, 5.41) is 10.9. The van der Waals surface area contributed by atoms with Gasteiger partial charge in [0.05, 0.1) is 26.4 Å². The molecule has 2 aliphatic rings. The number of morpholine rings is 2. The van der Waals surface area contributed by atoms with Crippen molar-refractivity contribution in [2.45, 2.75) is 18.9 Å². The number of nitrogens with zero attached hydrogens (tertiary/aromatic N) is 2. The molecule has 5 nitrogen and oxygen atoms in total. The maximum atomic E-state index is 10.9. The van der Waals surface area contributed by atoms with Gasteiger partial charge in [-0.15, -0.1) is 0 Å². The zero-order valence-electron chi connectivity index (χ0n) is 17.1. The SMILES string of the molecule is Oc1cc(CN2CCOCC2)ccc1[C@H](CCN1CCOCC1)c1ccccc1. The van der Waals surface area contributed by atoms with Crippen LogP contribution in [-0.2, 0) is 16.0 Å². The number of hydrogen-bond donors (Lipinski definition) is 1. The molecule has 0 unspecified atom stereocenters. The summed E-state index contributed by atoms with van der Waals surface area (Å²) >= 11 is 0. The third-order valence-electron chi connectivity index (χ3n) is 6.02. The molecule has 2 saturated heterocycles. The van der Waals surface area contributed by atoms with Crippen LogP contribution in [0.5, 0.6) is 5.75 Å². The predicted octanol–water partition coefficient (Wildman–Crippen LogP) is 3.08. The van der Waals surface area contributed by atoms with Crippen LogP contribution in [0.4, 0.5) is 0 Å². The third-order valence-corrected chi connectivity index (χ3v) is 6.02. The summed E-state index contributed by atoms with van der Waals surface area (Å²) in [7, 11) is 0. The molecule has 0 amide bonds. The molecule has 1 N–H and O–H groups in total. The Balaban J connectivity index is 1.49. The summed E-state index contributed by atoms with van der Waals surface area (Å²) in [6, 6.07) is 16.8. The van der Waals surface area contributed by atoms with Crippen molar-refractivity contribution in [1.82, 2.24) is 9.80 Å². The normalized spacial score (nSPS) is 19.9. The van der Waals surface area contributed by atoms with Crippen molar-refractivity contribution in [2.75, 3.05) is 59.2 Å². The Hall–Kier alpha value is -1.92. The molecule has 5 heteroatoms. The van der Waals surface area contributed by atoms with Crippen molar-refractivity contribution >= 4 is 0 Å². The number of phenolic OH excluding ortho intramolecular Hbond substituents is 1. The van der Waals surface area contributed by atoms with Crippen LogP contribution in [0.2, 0.25) is 0 Å². The molecule has 0 aliphatic carbocycles. The fourth-order valence-electron chi connectivity index (χ4n) is 4.32. The van der Waals surface area contributed by atoms with E-state index in [0.717, 1.165) is 83.2 Å². The van der Waals surface area contributed by atoms with Crippen LogP contribution in [0.1, 0.15) is 29.0 Å². The van der Waals surface area contributed by atoms with Crippen molar-refractivity contribution < 1.29 is 14.6 Å². The van der Waals surface area contributed by atoms with E-state index in [0.29, 0.717) is 5.75 Å². The van der Waals surface area contributed by atoms with Gasteiger partial charge in [0.1, 0.15) is 5.75 Å². The van der Waals surface area contributed by atoms with Crippen LogP contribution in [0, 0.1) is 0 Å². The van der Waals surface area contributed by atoms with Crippen molar-refractivity contribution in [2.24, 2.45) is 0 Å². The highest BCUT2D eigenvalue weighted by atomic mass is 16.5. The van der Waals surface area contributed by atoms with Gasteiger partial charge in [-0.05, 0) is 30.2 Å². The highest BCUT2D eigenvalue weighted by molar-refractivity contribution is 5.43. The fourth-order valence-corrected chi connectivity index (χ4v) is 4.32. The average Bonchev–Trinajstić information content (AvgIpc) is 2.77. The van der Waals surface area contributed by atoms with Gasteiger partial charge in [-0.3, -0.25) is 9.80 Å². The summed E-state index contributed by atoms with van der Waals surface area (Å²) in [6.07, 6.45) is 0.986. The minimum absolute atomic E-state index is 0.191. The van der Waals surface area contributed by atoms with Crippen LogP contribution in [0.15, 0.2) is 48.5 Å². The van der Waals surface area contributed by atoms with Gasteiger partial charge in [-0.25, -0.2) is 0 Å². The Morgan fingerprint density at radius 1 is 0.828 bits per heavy atom.